The van der Waals surface area contributed by atoms with Crippen molar-refractivity contribution in [2.45, 2.75) is 26.4 Å². The molecule has 1 aliphatic rings. The zero-order valence-electron chi connectivity index (χ0n) is 8.14. The largest absolute Gasteiger partial charge is 0.444 e. The molecule has 1 N–H and O–H groups in total. The first-order valence-electron chi connectivity index (χ1n) is 3.94. The van der Waals surface area contributed by atoms with Crippen molar-refractivity contribution in [2.75, 3.05) is 20.3 Å². The minimum Gasteiger partial charge on any atom is -0.444 e. The maximum absolute atomic E-state index is 10.5. The van der Waals surface area contributed by atoms with Crippen LogP contribution in [0.4, 0.5) is 4.79 Å². The summed E-state index contributed by atoms with van der Waals surface area (Å²) in [5.41, 5.74) is -0.389. The van der Waals surface area contributed by atoms with Crippen molar-refractivity contribution in [1.82, 2.24) is 5.32 Å². The van der Waals surface area contributed by atoms with Crippen LogP contribution >= 0.6 is 0 Å². The summed E-state index contributed by atoms with van der Waals surface area (Å²) in [4.78, 5) is 10.5. The Labute approximate surface area is 73.2 Å². The highest BCUT2D eigenvalue weighted by Crippen LogP contribution is 2.05. The maximum atomic E-state index is 10.5. The number of epoxide rings is 1. The second-order valence-electron chi connectivity index (χ2n) is 3.36. The smallest absolute Gasteiger partial charge is 0.407 e. The maximum Gasteiger partial charge on any atom is 0.407 e. The molecule has 1 saturated heterocycles. The number of hydrogen-bond acceptors (Lipinski definition) is 3. The third kappa shape index (κ3) is 12.0. The number of carbonyl (C=O) groups is 1. The average molecular weight is 175 g/mol. The summed E-state index contributed by atoms with van der Waals surface area (Å²) in [6.07, 6.45) is -0.387. The van der Waals surface area contributed by atoms with E-state index in [9.17, 15) is 4.79 Å². The summed E-state index contributed by atoms with van der Waals surface area (Å²) < 4.78 is 9.34. The van der Waals surface area contributed by atoms with Crippen molar-refractivity contribution >= 4 is 6.09 Å². The highest BCUT2D eigenvalue weighted by Gasteiger charge is 2.13. The van der Waals surface area contributed by atoms with Gasteiger partial charge in [0.25, 0.3) is 0 Å². The lowest BCUT2D eigenvalue weighted by Crippen LogP contribution is -2.30. The Kier molecular flexibility index (Phi) is 4.66. The van der Waals surface area contributed by atoms with Gasteiger partial charge in [-0.05, 0) is 20.8 Å². The lowest BCUT2D eigenvalue weighted by molar-refractivity contribution is 0.0541. The van der Waals surface area contributed by atoms with Gasteiger partial charge in [0.1, 0.15) is 5.60 Å². The lowest BCUT2D eigenvalue weighted by atomic mass is 10.2. The van der Waals surface area contributed by atoms with Crippen LogP contribution < -0.4 is 5.32 Å². The summed E-state index contributed by atoms with van der Waals surface area (Å²) in [6, 6.07) is 0. The standard InChI is InChI=1S/C6H13NO2.C2H4O/c1-6(2,3)9-5(8)7-4;1-2-3-1/h1-4H3,(H,7,8);1-2H2. The van der Waals surface area contributed by atoms with E-state index < -0.39 is 0 Å². The first kappa shape index (κ1) is 11.2. The number of amides is 1. The van der Waals surface area contributed by atoms with E-state index in [0.717, 1.165) is 13.2 Å². The third-order valence-corrected chi connectivity index (χ3v) is 0.807. The fourth-order valence-corrected chi connectivity index (χ4v) is 0.329. The van der Waals surface area contributed by atoms with Crippen molar-refractivity contribution in [3.8, 4) is 0 Å². The van der Waals surface area contributed by atoms with Gasteiger partial charge in [-0.15, -0.1) is 0 Å². The Bertz CT molecular complexity index is 135. The third-order valence-electron chi connectivity index (χ3n) is 0.807. The van der Waals surface area contributed by atoms with Gasteiger partial charge in [-0.3, -0.25) is 0 Å². The van der Waals surface area contributed by atoms with E-state index in [1.54, 1.807) is 0 Å². The predicted molar refractivity (Wildman–Crippen MR) is 46.1 cm³/mol. The SMILES string of the molecule is C1CO1.CNC(=O)OC(C)(C)C. The van der Waals surface area contributed by atoms with Crippen LogP contribution in [0, 0.1) is 0 Å². The molecule has 1 amide bonds. The van der Waals surface area contributed by atoms with Crippen molar-refractivity contribution in [1.29, 1.82) is 0 Å². The first-order chi connectivity index (χ1) is 5.45. The molecule has 1 rings (SSSR count). The number of nitrogens with one attached hydrogen (secondary N) is 1. The predicted octanol–water partition coefficient (Wildman–Crippen LogP) is 1.16. The molecule has 1 aliphatic heterocycles. The Morgan fingerprint density at radius 2 is 1.83 bits per heavy atom. The molecule has 0 atom stereocenters. The van der Waals surface area contributed by atoms with E-state index in [4.69, 9.17) is 4.74 Å². The van der Waals surface area contributed by atoms with Crippen LogP contribution in [-0.4, -0.2) is 32.0 Å². The van der Waals surface area contributed by atoms with E-state index in [2.05, 4.69) is 10.1 Å². The van der Waals surface area contributed by atoms with Crippen molar-refractivity contribution in [3.05, 3.63) is 0 Å². The molecule has 0 spiro atoms. The number of alkyl carbamates (subject to hydrolysis) is 1. The van der Waals surface area contributed by atoms with Crippen LogP contribution in [0.15, 0.2) is 0 Å². The minimum absolute atomic E-state index is 0.387. The van der Waals surface area contributed by atoms with E-state index >= 15 is 0 Å². The van der Waals surface area contributed by atoms with E-state index in [1.165, 1.54) is 7.05 Å². The molecular weight excluding hydrogens is 158 g/mol. The molecule has 0 saturated carbocycles. The normalized spacial score (nSPS) is 14.0. The second kappa shape index (κ2) is 4.98. The molecular formula is C8H17NO3. The summed E-state index contributed by atoms with van der Waals surface area (Å²) in [6.45, 7) is 7.46. The van der Waals surface area contributed by atoms with Crippen LogP contribution in [0.25, 0.3) is 0 Å². The molecule has 0 aromatic rings. The average Bonchev–Trinajstić information content (AvgIpc) is 2.67. The highest BCUT2D eigenvalue weighted by molar-refractivity contribution is 5.67. The molecule has 72 valence electrons. The van der Waals surface area contributed by atoms with Crippen molar-refractivity contribution in [2.24, 2.45) is 0 Å². The number of ether oxygens (including phenoxy) is 2. The lowest BCUT2D eigenvalue weighted by Gasteiger charge is -2.18. The molecule has 0 radical (unpaired) electrons. The van der Waals surface area contributed by atoms with Crippen LogP contribution in [0.5, 0.6) is 0 Å². The summed E-state index contributed by atoms with van der Waals surface area (Å²) in [5.74, 6) is 0. The van der Waals surface area contributed by atoms with Gasteiger partial charge in [0.2, 0.25) is 0 Å². The monoisotopic (exact) mass is 175 g/mol. The molecule has 0 aliphatic carbocycles. The molecule has 1 fully saturated rings. The fourth-order valence-electron chi connectivity index (χ4n) is 0.329. The quantitative estimate of drug-likeness (QED) is 0.562. The fraction of sp³-hybridized carbons (Fsp3) is 0.875. The molecule has 4 heteroatoms. The van der Waals surface area contributed by atoms with Crippen molar-refractivity contribution in [3.63, 3.8) is 0 Å². The van der Waals surface area contributed by atoms with E-state index in [1.807, 2.05) is 20.8 Å². The van der Waals surface area contributed by atoms with Gasteiger partial charge in [-0.1, -0.05) is 0 Å². The van der Waals surface area contributed by atoms with Gasteiger partial charge in [0.05, 0.1) is 13.2 Å². The topological polar surface area (TPSA) is 50.9 Å². The van der Waals surface area contributed by atoms with Crippen LogP contribution in [0.3, 0.4) is 0 Å². The second-order valence-corrected chi connectivity index (χ2v) is 3.36. The zero-order valence-corrected chi connectivity index (χ0v) is 8.14. The zero-order chi connectivity index (χ0) is 9.61. The summed E-state index contributed by atoms with van der Waals surface area (Å²) in [7, 11) is 1.54. The summed E-state index contributed by atoms with van der Waals surface area (Å²) in [5, 5.41) is 2.36. The first-order valence-corrected chi connectivity index (χ1v) is 3.94. The number of hydrogen-bond donors (Lipinski definition) is 1. The van der Waals surface area contributed by atoms with Gasteiger partial charge in [-0.2, -0.15) is 0 Å². The molecule has 0 aromatic heterocycles. The van der Waals surface area contributed by atoms with Gasteiger partial charge in [0, 0.05) is 7.05 Å². The molecule has 1 heterocycles. The number of rotatable bonds is 0. The molecule has 0 unspecified atom stereocenters. The van der Waals surface area contributed by atoms with Crippen LogP contribution in [0.2, 0.25) is 0 Å². The summed E-state index contributed by atoms with van der Waals surface area (Å²) >= 11 is 0. The van der Waals surface area contributed by atoms with E-state index in [0.29, 0.717) is 0 Å². The molecule has 12 heavy (non-hydrogen) atoms. The minimum atomic E-state index is -0.389. The van der Waals surface area contributed by atoms with Gasteiger partial charge >= 0.3 is 6.09 Å². The van der Waals surface area contributed by atoms with Gasteiger partial charge in [-0.25, -0.2) is 4.79 Å². The molecule has 0 bridgehead atoms. The Morgan fingerprint density at radius 1 is 1.42 bits per heavy atom. The van der Waals surface area contributed by atoms with Gasteiger partial charge in [0.15, 0.2) is 0 Å². The van der Waals surface area contributed by atoms with Crippen molar-refractivity contribution < 1.29 is 14.3 Å². The Morgan fingerprint density at radius 3 is 1.92 bits per heavy atom. The molecule has 4 nitrogen and oxygen atoms in total. The number of carbonyl (C=O) groups excluding carboxylic acids is 1. The van der Waals surface area contributed by atoms with Crippen LogP contribution in [-0.2, 0) is 9.47 Å². The highest BCUT2D eigenvalue weighted by atomic mass is 16.6. The van der Waals surface area contributed by atoms with E-state index in [-0.39, 0.29) is 11.7 Å². The Balaban J connectivity index is 0.000000330. The molecule has 0 aromatic carbocycles. The van der Waals surface area contributed by atoms with Gasteiger partial charge < -0.3 is 14.8 Å². The Hall–Kier alpha value is -0.770. The van der Waals surface area contributed by atoms with Crippen LogP contribution in [0.1, 0.15) is 20.8 Å².